The number of ether oxygens (including phenoxy) is 2. The molecule has 0 spiro atoms. The molecule has 8 nitrogen and oxygen atoms in total. The molecule has 1 amide bonds. The summed E-state index contributed by atoms with van der Waals surface area (Å²) in [4.78, 5) is 23.9. The normalized spacial score (nSPS) is 11.5. The second-order valence-electron chi connectivity index (χ2n) is 5.85. The number of esters is 1. The van der Waals surface area contributed by atoms with Crippen molar-refractivity contribution in [2.24, 2.45) is 0 Å². The van der Waals surface area contributed by atoms with Crippen LogP contribution in [0.3, 0.4) is 0 Å². The van der Waals surface area contributed by atoms with Crippen LogP contribution < -0.4 is 10.1 Å². The Morgan fingerprint density at radius 2 is 1.79 bits per heavy atom. The Labute approximate surface area is 161 Å². The lowest BCUT2D eigenvalue weighted by Gasteiger charge is -2.10. The van der Waals surface area contributed by atoms with Gasteiger partial charge < -0.3 is 19.2 Å². The third-order valence-electron chi connectivity index (χ3n) is 3.86. The maximum Gasteiger partial charge on any atom is 0.326 e. The number of hydrogen-bond acceptors (Lipinski definition) is 7. The highest BCUT2D eigenvalue weighted by Gasteiger charge is 2.19. The molecule has 0 saturated heterocycles. The van der Waals surface area contributed by atoms with Gasteiger partial charge in [0.05, 0.1) is 7.11 Å². The zero-order valence-electron chi connectivity index (χ0n) is 15.4. The van der Waals surface area contributed by atoms with Gasteiger partial charge in [-0.2, -0.15) is 0 Å². The van der Waals surface area contributed by atoms with Crippen LogP contribution in [0.1, 0.15) is 29.3 Å². The zero-order chi connectivity index (χ0) is 19.9. The highest BCUT2D eigenvalue weighted by Crippen LogP contribution is 2.24. The van der Waals surface area contributed by atoms with Crippen molar-refractivity contribution in [2.45, 2.75) is 13.0 Å². The van der Waals surface area contributed by atoms with Crippen molar-refractivity contribution in [3.8, 4) is 17.2 Å². The lowest BCUT2D eigenvalue weighted by molar-refractivity contribution is -0.148. The summed E-state index contributed by atoms with van der Waals surface area (Å²) >= 11 is 0. The molecule has 28 heavy (non-hydrogen) atoms. The number of carbonyl (C=O) groups excluding carboxylic acids is 2. The van der Waals surface area contributed by atoms with Crippen LogP contribution in [0.2, 0.25) is 0 Å². The van der Waals surface area contributed by atoms with Crippen molar-refractivity contribution < 1.29 is 23.5 Å². The smallest absolute Gasteiger partial charge is 0.326 e. The number of amides is 1. The molecular formula is C20H19N3O5. The highest BCUT2D eigenvalue weighted by atomic mass is 16.6. The number of benzene rings is 2. The summed E-state index contributed by atoms with van der Waals surface area (Å²) in [6.45, 7) is 1.35. The predicted octanol–water partition coefficient (Wildman–Crippen LogP) is 2.78. The molecule has 1 heterocycles. The van der Waals surface area contributed by atoms with Gasteiger partial charge in [0, 0.05) is 11.1 Å². The van der Waals surface area contributed by atoms with E-state index in [1.54, 1.807) is 68.6 Å². The van der Waals surface area contributed by atoms with Crippen LogP contribution in [-0.2, 0) is 9.53 Å². The largest absolute Gasteiger partial charge is 0.497 e. The van der Waals surface area contributed by atoms with Gasteiger partial charge in [-0.3, -0.25) is 9.59 Å². The van der Waals surface area contributed by atoms with E-state index in [0.29, 0.717) is 22.8 Å². The molecule has 0 fully saturated rings. The summed E-state index contributed by atoms with van der Waals surface area (Å²) in [7, 11) is 1.58. The minimum atomic E-state index is -0.749. The lowest BCUT2D eigenvalue weighted by atomic mass is 10.2. The number of nitrogens with one attached hydrogen (secondary N) is 1. The van der Waals surface area contributed by atoms with Gasteiger partial charge in [0.25, 0.3) is 11.8 Å². The highest BCUT2D eigenvalue weighted by molar-refractivity contribution is 5.95. The van der Waals surface area contributed by atoms with Crippen LogP contribution in [0.15, 0.2) is 59.0 Å². The van der Waals surface area contributed by atoms with Gasteiger partial charge in [-0.05, 0) is 43.3 Å². The van der Waals surface area contributed by atoms with Crippen molar-refractivity contribution >= 4 is 11.9 Å². The number of rotatable bonds is 7. The Hall–Kier alpha value is -3.68. The molecule has 8 heteroatoms. The average Bonchev–Trinajstić information content (AvgIpc) is 3.23. The van der Waals surface area contributed by atoms with Crippen LogP contribution in [0.25, 0.3) is 11.5 Å². The maximum atomic E-state index is 12.0. The number of carbonyl (C=O) groups is 2. The van der Waals surface area contributed by atoms with Crippen LogP contribution in [-0.4, -0.2) is 35.7 Å². The standard InChI is InChI=1S/C20H19N3O5/c1-13(27-17(24)12-21-18(25)14-6-4-3-5-7-14)19-22-23-20(28-19)15-8-10-16(26-2)11-9-15/h3-11,13H,12H2,1-2H3,(H,21,25)/t13-/m0/s1. The zero-order valence-corrected chi connectivity index (χ0v) is 15.4. The summed E-state index contributed by atoms with van der Waals surface area (Å²) < 4.78 is 15.9. The van der Waals surface area contributed by atoms with E-state index in [9.17, 15) is 9.59 Å². The summed E-state index contributed by atoms with van der Waals surface area (Å²) in [6, 6.07) is 15.7. The monoisotopic (exact) mass is 381 g/mol. The molecule has 0 radical (unpaired) electrons. The number of methoxy groups -OCH3 is 1. The molecule has 3 aromatic rings. The summed E-state index contributed by atoms with van der Waals surface area (Å²) in [6.07, 6.45) is -0.749. The van der Waals surface area contributed by atoms with E-state index in [2.05, 4.69) is 15.5 Å². The second-order valence-corrected chi connectivity index (χ2v) is 5.85. The first-order valence-electron chi connectivity index (χ1n) is 8.57. The molecule has 0 saturated carbocycles. The van der Waals surface area contributed by atoms with Gasteiger partial charge in [0.15, 0.2) is 6.10 Å². The SMILES string of the molecule is COc1ccc(-c2nnc([C@H](C)OC(=O)CNC(=O)c3ccccc3)o2)cc1. The molecule has 2 aromatic carbocycles. The number of nitrogens with zero attached hydrogens (tertiary/aromatic N) is 2. The molecule has 1 aromatic heterocycles. The Balaban J connectivity index is 1.54. The Bertz CT molecular complexity index is 938. The molecule has 0 bridgehead atoms. The first-order chi connectivity index (χ1) is 13.6. The maximum absolute atomic E-state index is 12.0. The fourth-order valence-corrected chi connectivity index (χ4v) is 2.38. The fourth-order valence-electron chi connectivity index (χ4n) is 2.38. The van der Waals surface area contributed by atoms with Crippen molar-refractivity contribution in [1.29, 1.82) is 0 Å². The fraction of sp³-hybridized carbons (Fsp3) is 0.200. The molecule has 0 aliphatic carbocycles. The average molecular weight is 381 g/mol. The van der Waals surface area contributed by atoms with Crippen molar-refractivity contribution in [1.82, 2.24) is 15.5 Å². The van der Waals surface area contributed by atoms with E-state index in [1.807, 2.05) is 0 Å². The van der Waals surface area contributed by atoms with Gasteiger partial charge in [0.1, 0.15) is 12.3 Å². The molecule has 0 unspecified atom stereocenters. The summed E-state index contributed by atoms with van der Waals surface area (Å²) in [5.74, 6) is 0.209. The number of hydrogen-bond donors (Lipinski definition) is 1. The van der Waals surface area contributed by atoms with Gasteiger partial charge in [-0.1, -0.05) is 18.2 Å². The molecule has 144 valence electrons. The Kier molecular flexibility index (Phi) is 6.01. The third-order valence-corrected chi connectivity index (χ3v) is 3.86. The second kappa shape index (κ2) is 8.81. The van der Waals surface area contributed by atoms with Crippen molar-refractivity contribution in [3.05, 3.63) is 66.1 Å². The minimum absolute atomic E-state index is 0.161. The van der Waals surface area contributed by atoms with E-state index in [4.69, 9.17) is 13.9 Å². The van der Waals surface area contributed by atoms with Gasteiger partial charge in [-0.25, -0.2) is 0 Å². The Morgan fingerprint density at radius 3 is 2.46 bits per heavy atom. The lowest BCUT2D eigenvalue weighted by Crippen LogP contribution is -2.31. The molecule has 0 aliphatic rings. The predicted molar refractivity (Wildman–Crippen MR) is 99.6 cm³/mol. The van der Waals surface area contributed by atoms with Crippen LogP contribution in [0, 0.1) is 0 Å². The van der Waals surface area contributed by atoms with Gasteiger partial charge in [0.2, 0.25) is 5.89 Å². The molecular weight excluding hydrogens is 362 g/mol. The first kappa shape index (κ1) is 19.1. The molecule has 3 rings (SSSR count). The van der Waals surface area contributed by atoms with Gasteiger partial charge >= 0.3 is 5.97 Å². The number of aromatic nitrogens is 2. The Morgan fingerprint density at radius 1 is 1.07 bits per heavy atom. The topological polar surface area (TPSA) is 104 Å². The summed E-state index contributed by atoms with van der Waals surface area (Å²) in [5, 5.41) is 10.4. The first-order valence-corrected chi connectivity index (χ1v) is 8.57. The van der Waals surface area contributed by atoms with E-state index in [-0.39, 0.29) is 18.3 Å². The van der Waals surface area contributed by atoms with E-state index >= 15 is 0 Å². The molecule has 0 aliphatic heterocycles. The molecule has 1 atom stereocenters. The quantitative estimate of drug-likeness (QED) is 0.628. The van der Waals surface area contributed by atoms with Gasteiger partial charge in [-0.15, -0.1) is 10.2 Å². The minimum Gasteiger partial charge on any atom is -0.497 e. The van der Waals surface area contributed by atoms with Crippen LogP contribution in [0.4, 0.5) is 0 Å². The summed E-state index contributed by atoms with van der Waals surface area (Å²) in [5.41, 5.74) is 1.18. The van der Waals surface area contributed by atoms with Crippen molar-refractivity contribution in [2.75, 3.05) is 13.7 Å². The van der Waals surface area contributed by atoms with E-state index < -0.39 is 12.1 Å². The van der Waals surface area contributed by atoms with Crippen molar-refractivity contribution in [3.63, 3.8) is 0 Å². The van der Waals surface area contributed by atoms with E-state index in [1.165, 1.54) is 0 Å². The molecule has 1 N–H and O–H groups in total. The third kappa shape index (κ3) is 4.73. The van der Waals surface area contributed by atoms with E-state index in [0.717, 1.165) is 0 Å². The van der Waals surface area contributed by atoms with Crippen LogP contribution in [0.5, 0.6) is 5.75 Å². The van der Waals surface area contributed by atoms with Crippen LogP contribution >= 0.6 is 0 Å².